The van der Waals surface area contributed by atoms with Gasteiger partial charge in [0, 0.05) is 22.2 Å². The van der Waals surface area contributed by atoms with Crippen LogP contribution < -0.4 is 11.3 Å². The molecule has 1 aliphatic heterocycles. The Labute approximate surface area is 118 Å². The fourth-order valence-electron chi connectivity index (χ4n) is 2.28. The summed E-state index contributed by atoms with van der Waals surface area (Å²) in [6.45, 7) is 1.66. The third-order valence-corrected chi connectivity index (χ3v) is 4.43. The summed E-state index contributed by atoms with van der Waals surface area (Å²) >= 11 is 7.09. The molecular weight excluding hydrogens is 348 g/mol. The van der Waals surface area contributed by atoms with E-state index in [9.17, 15) is 0 Å². The van der Waals surface area contributed by atoms with Gasteiger partial charge >= 0.3 is 0 Å². The predicted octanol–water partition coefficient (Wildman–Crippen LogP) is 3.14. The largest absolute Gasteiger partial charge is 0.381 e. The Morgan fingerprint density at radius 3 is 2.65 bits per heavy atom. The molecule has 1 aromatic carbocycles. The van der Waals surface area contributed by atoms with Crippen molar-refractivity contribution in [2.24, 2.45) is 11.8 Å². The summed E-state index contributed by atoms with van der Waals surface area (Å²) in [5.74, 6) is 6.25. The molecule has 1 aliphatic rings. The number of hydrazine groups is 1. The van der Waals surface area contributed by atoms with Crippen molar-refractivity contribution in [2.75, 3.05) is 13.2 Å². The SMILES string of the molecule is NNC(c1cc(Br)ccc1Br)C1CCOCC1. The maximum absolute atomic E-state index is 5.73. The summed E-state index contributed by atoms with van der Waals surface area (Å²) < 4.78 is 7.56. The van der Waals surface area contributed by atoms with Crippen molar-refractivity contribution in [3.8, 4) is 0 Å². The zero-order chi connectivity index (χ0) is 12.3. The topological polar surface area (TPSA) is 47.3 Å². The van der Waals surface area contributed by atoms with Crippen LogP contribution in [0.3, 0.4) is 0 Å². The Balaban J connectivity index is 2.24. The lowest BCUT2D eigenvalue weighted by atomic mass is 9.87. The minimum atomic E-state index is 0.172. The van der Waals surface area contributed by atoms with Crippen molar-refractivity contribution < 1.29 is 4.74 Å². The summed E-state index contributed by atoms with van der Waals surface area (Å²) in [4.78, 5) is 0. The van der Waals surface area contributed by atoms with Gasteiger partial charge in [0.15, 0.2) is 0 Å². The van der Waals surface area contributed by atoms with Crippen LogP contribution in [0.25, 0.3) is 0 Å². The zero-order valence-corrected chi connectivity index (χ0v) is 12.6. The lowest BCUT2D eigenvalue weighted by Gasteiger charge is -2.30. The average molecular weight is 364 g/mol. The second-order valence-electron chi connectivity index (χ2n) is 4.26. The van der Waals surface area contributed by atoms with E-state index in [4.69, 9.17) is 10.6 Å². The molecule has 3 nitrogen and oxygen atoms in total. The maximum Gasteiger partial charge on any atom is 0.0501 e. The number of rotatable bonds is 3. The number of hydrogen-bond donors (Lipinski definition) is 2. The van der Waals surface area contributed by atoms with Crippen LogP contribution >= 0.6 is 31.9 Å². The molecule has 0 amide bonds. The van der Waals surface area contributed by atoms with Crippen molar-refractivity contribution >= 4 is 31.9 Å². The molecule has 1 heterocycles. The van der Waals surface area contributed by atoms with Gasteiger partial charge in [-0.2, -0.15) is 0 Å². The quantitative estimate of drug-likeness (QED) is 0.640. The molecule has 0 aromatic heterocycles. The molecule has 3 N–H and O–H groups in total. The maximum atomic E-state index is 5.73. The molecule has 5 heteroatoms. The van der Waals surface area contributed by atoms with Crippen LogP contribution in [0.15, 0.2) is 27.1 Å². The standard InChI is InChI=1S/C12H16Br2N2O/c13-9-1-2-11(14)10(7-9)12(16-15)8-3-5-17-6-4-8/h1-2,7-8,12,16H,3-6,15H2. The summed E-state index contributed by atoms with van der Waals surface area (Å²) in [6, 6.07) is 6.35. The van der Waals surface area contributed by atoms with Crippen molar-refractivity contribution in [1.82, 2.24) is 5.43 Å². The molecule has 1 fully saturated rings. The Morgan fingerprint density at radius 2 is 2.00 bits per heavy atom. The first-order chi connectivity index (χ1) is 8.22. The van der Waals surface area contributed by atoms with Crippen molar-refractivity contribution in [3.05, 3.63) is 32.7 Å². The van der Waals surface area contributed by atoms with Gasteiger partial charge in [-0.25, -0.2) is 0 Å². The smallest absolute Gasteiger partial charge is 0.0501 e. The molecule has 0 bridgehead atoms. The Kier molecular flexibility index (Phi) is 4.99. The highest BCUT2D eigenvalue weighted by atomic mass is 79.9. The Bertz CT molecular complexity index is 381. The molecule has 2 rings (SSSR count). The average Bonchev–Trinajstić information content (AvgIpc) is 2.36. The number of ether oxygens (including phenoxy) is 1. The number of nitrogens with two attached hydrogens (primary N) is 1. The molecule has 0 spiro atoms. The van der Waals surface area contributed by atoms with Crippen molar-refractivity contribution in [2.45, 2.75) is 18.9 Å². The lowest BCUT2D eigenvalue weighted by molar-refractivity contribution is 0.0535. The van der Waals surface area contributed by atoms with E-state index in [0.29, 0.717) is 5.92 Å². The van der Waals surface area contributed by atoms with Crippen LogP contribution in [0.2, 0.25) is 0 Å². The van der Waals surface area contributed by atoms with Crippen LogP contribution in [0.5, 0.6) is 0 Å². The second-order valence-corrected chi connectivity index (χ2v) is 6.03. The van der Waals surface area contributed by atoms with Crippen LogP contribution in [-0.4, -0.2) is 13.2 Å². The van der Waals surface area contributed by atoms with Gasteiger partial charge in [-0.1, -0.05) is 31.9 Å². The fraction of sp³-hybridized carbons (Fsp3) is 0.500. The Hall–Kier alpha value is 0.0600. The van der Waals surface area contributed by atoms with Gasteiger partial charge in [0.05, 0.1) is 6.04 Å². The van der Waals surface area contributed by atoms with E-state index < -0.39 is 0 Å². The first-order valence-electron chi connectivity index (χ1n) is 5.71. The van der Waals surface area contributed by atoms with Crippen molar-refractivity contribution in [1.29, 1.82) is 0 Å². The molecule has 1 aromatic rings. The van der Waals surface area contributed by atoms with E-state index in [2.05, 4.69) is 43.4 Å². The summed E-state index contributed by atoms with van der Waals surface area (Å²) in [6.07, 6.45) is 2.10. The third-order valence-electron chi connectivity index (χ3n) is 3.21. The van der Waals surface area contributed by atoms with Crippen LogP contribution in [0, 0.1) is 5.92 Å². The van der Waals surface area contributed by atoms with E-state index in [1.807, 2.05) is 12.1 Å². The van der Waals surface area contributed by atoms with E-state index >= 15 is 0 Å². The number of benzene rings is 1. The third kappa shape index (κ3) is 3.29. The highest BCUT2D eigenvalue weighted by Gasteiger charge is 2.26. The van der Waals surface area contributed by atoms with E-state index in [1.54, 1.807) is 0 Å². The Morgan fingerprint density at radius 1 is 1.29 bits per heavy atom. The van der Waals surface area contributed by atoms with Gasteiger partial charge in [0.2, 0.25) is 0 Å². The summed E-state index contributed by atoms with van der Waals surface area (Å²) in [5.41, 5.74) is 4.15. The normalized spacial score (nSPS) is 19.2. The van der Waals surface area contributed by atoms with Gasteiger partial charge in [0.1, 0.15) is 0 Å². The van der Waals surface area contributed by atoms with Gasteiger partial charge in [0.25, 0.3) is 0 Å². The molecule has 1 unspecified atom stereocenters. The highest BCUT2D eigenvalue weighted by Crippen LogP contribution is 2.34. The van der Waals surface area contributed by atoms with Gasteiger partial charge in [-0.05, 0) is 42.5 Å². The fourth-order valence-corrected chi connectivity index (χ4v) is 3.15. The minimum Gasteiger partial charge on any atom is -0.381 e. The molecule has 1 saturated heterocycles. The highest BCUT2D eigenvalue weighted by molar-refractivity contribution is 9.11. The number of hydrogen-bond acceptors (Lipinski definition) is 3. The van der Waals surface area contributed by atoms with E-state index in [1.165, 1.54) is 5.56 Å². The monoisotopic (exact) mass is 362 g/mol. The van der Waals surface area contributed by atoms with Gasteiger partial charge < -0.3 is 4.74 Å². The van der Waals surface area contributed by atoms with Gasteiger partial charge in [-0.3, -0.25) is 11.3 Å². The molecule has 94 valence electrons. The first-order valence-corrected chi connectivity index (χ1v) is 7.30. The summed E-state index contributed by atoms with van der Waals surface area (Å²) in [5, 5.41) is 0. The molecule has 1 atom stereocenters. The van der Waals surface area contributed by atoms with Gasteiger partial charge in [-0.15, -0.1) is 0 Å². The first kappa shape index (κ1) is 13.5. The van der Waals surface area contributed by atoms with Crippen molar-refractivity contribution in [3.63, 3.8) is 0 Å². The molecule has 17 heavy (non-hydrogen) atoms. The number of nitrogens with one attached hydrogen (secondary N) is 1. The zero-order valence-electron chi connectivity index (χ0n) is 9.46. The minimum absolute atomic E-state index is 0.172. The number of halogens is 2. The lowest BCUT2D eigenvalue weighted by Crippen LogP contribution is -2.36. The van der Waals surface area contributed by atoms with E-state index in [0.717, 1.165) is 35.0 Å². The second kappa shape index (κ2) is 6.29. The molecule has 0 aliphatic carbocycles. The molecule has 0 radical (unpaired) electrons. The van der Waals surface area contributed by atoms with Crippen LogP contribution in [0.4, 0.5) is 0 Å². The molecular formula is C12H16Br2N2O. The summed E-state index contributed by atoms with van der Waals surface area (Å²) in [7, 11) is 0. The van der Waals surface area contributed by atoms with E-state index in [-0.39, 0.29) is 6.04 Å². The predicted molar refractivity (Wildman–Crippen MR) is 75.4 cm³/mol. The molecule has 0 saturated carbocycles. The van der Waals surface area contributed by atoms with Crippen LogP contribution in [-0.2, 0) is 4.74 Å². The van der Waals surface area contributed by atoms with Crippen LogP contribution in [0.1, 0.15) is 24.4 Å².